The fourth-order valence-electron chi connectivity index (χ4n) is 3.56. The molecule has 1 unspecified atom stereocenters. The summed E-state index contributed by atoms with van der Waals surface area (Å²) < 4.78 is 0. The molecule has 0 aromatic carbocycles. The van der Waals surface area contributed by atoms with Crippen LogP contribution in [0.3, 0.4) is 0 Å². The number of piperazine rings is 1. The highest BCUT2D eigenvalue weighted by molar-refractivity contribution is 6.33. The Labute approximate surface area is 170 Å². The second-order valence-corrected chi connectivity index (χ2v) is 7.41. The number of hydrogen-bond acceptors (Lipinski definition) is 4. The lowest BCUT2D eigenvalue weighted by Gasteiger charge is -2.24. The first-order valence-corrected chi connectivity index (χ1v) is 9.83. The van der Waals surface area contributed by atoms with Gasteiger partial charge in [0.15, 0.2) is 0 Å². The number of carbonyl (C=O) groups excluding carboxylic acids is 1. The maximum atomic E-state index is 12.6. The normalized spacial score (nSPS) is 21.1. The molecular formula is C21H32ClN4O. The average molecular weight is 392 g/mol. The van der Waals surface area contributed by atoms with Gasteiger partial charge in [-0.15, -0.1) is 0 Å². The van der Waals surface area contributed by atoms with Crippen molar-refractivity contribution in [1.82, 2.24) is 20.9 Å². The Kier molecular flexibility index (Phi) is 10.9. The highest BCUT2D eigenvalue weighted by Gasteiger charge is 2.20. The molecule has 1 saturated carbocycles. The summed E-state index contributed by atoms with van der Waals surface area (Å²) in [4.78, 5) is 17.0. The van der Waals surface area contributed by atoms with E-state index in [1.165, 1.54) is 38.0 Å². The molecule has 1 atom stereocenters. The third-order valence-electron chi connectivity index (χ3n) is 5.08. The van der Waals surface area contributed by atoms with Crippen LogP contribution in [0.4, 0.5) is 0 Å². The van der Waals surface area contributed by atoms with E-state index in [0.717, 1.165) is 38.2 Å². The van der Waals surface area contributed by atoms with Gasteiger partial charge in [0.05, 0.1) is 22.3 Å². The van der Waals surface area contributed by atoms with Crippen molar-refractivity contribution in [1.29, 1.82) is 0 Å². The number of aromatic nitrogens is 1. The smallest absolute Gasteiger partial charge is 0.252 e. The van der Waals surface area contributed by atoms with Crippen LogP contribution in [-0.4, -0.2) is 37.1 Å². The maximum absolute atomic E-state index is 12.6. The Morgan fingerprint density at radius 1 is 1.15 bits per heavy atom. The highest BCUT2D eigenvalue weighted by atomic mass is 35.5. The molecule has 5 nitrogen and oxygen atoms in total. The van der Waals surface area contributed by atoms with Gasteiger partial charge in [-0.2, -0.15) is 0 Å². The molecule has 0 spiro atoms. The van der Waals surface area contributed by atoms with E-state index in [0.29, 0.717) is 17.1 Å². The molecule has 1 aromatic rings. The van der Waals surface area contributed by atoms with Crippen LogP contribution in [0.25, 0.3) is 0 Å². The van der Waals surface area contributed by atoms with Gasteiger partial charge >= 0.3 is 0 Å². The van der Waals surface area contributed by atoms with Crippen molar-refractivity contribution in [2.75, 3.05) is 26.2 Å². The van der Waals surface area contributed by atoms with Crippen molar-refractivity contribution in [3.8, 4) is 0 Å². The molecule has 3 N–H and O–H groups in total. The summed E-state index contributed by atoms with van der Waals surface area (Å²) in [5, 5.41) is 10.2. The minimum Gasteiger partial charge on any atom is -0.351 e. The quantitative estimate of drug-likeness (QED) is 0.732. The lowest BCUT2D eigenvalue weighted by Crippen LogP contribution is -2.43. The minimum absolute atomic E-state index is 0. The third kappa shape index (κ3) is 7.05. The molecule has 149 valence electrons. The molecule has 1 saturated heterocycles. The van der Waals surface area contributed by atoms with Gasteiger partial charge in [-0.3, -0.25) is 9.78 Å². The van der Waals surface area contributed by atoms with Crippen LogP contribution in [-0.2, 0) is 0 Å². The van der Waals surface area contributed by atoms with Crippen LogP contribution in [0.5, 0.6) is 0 Å². The summed E-state index contributed by atoms with van der Waals surface area (Å²) in [7, 11) is 0. The van der Waals surface area contributed by atoms with Gasteiger partial charge in [-0.25, -0.2) is 0 Å². The van der Waals surface area contributed by atoms with Crippen LogP contribution in [0, 0.1) is 20.8 Å². The summed E-state index contributed by atoms with van der Waals surface area (Å²) in [6.45, 7) is 3.33. The van der Waals surface area contributed by atoms with Crippen LogP contribution in [0.1, 0.15) is 67.0 Å². The predicted molar refractivity (Wildman–Crippen MR) is 111 cm³/mol. The van der Waals surface area contributed by atoms with E-state index < -0.39 is 0 Å². The number of amides is 1. The number of nitrogens with one attached hydrogen (secondary N) is 3. The zero-order chi connectivity index (χ0) is 17.5. The molecule has 6 heteroatoms. The van der Waals surface area contributed by atoms with Crippen LogP contribution in [0.2, 0.25) is 5.02 Å². The van der Waals surface area contributed by atoms with Gasteiger partial charge in [0, 0.05) is 32.4 Å². The highest BCUT2D eigenvalue weighted by Crippen LogP contribution is 2.24. The fraction of sp³-hybridized carbons (Fsp3) is 0.571. The number of hydrogen-bond donors (Lipinski definition) is 3. The molecule has 1 aromatic heterocycles. The number of nitrogens with zero attached hydrogens (tertiary/aromatic N) is 1. The van der Waals surface area contributed by atoms with Crippen molar-refractivity contribution < 1.29 is 4.79 Å². The van der Waals surface area contributed by atoms with E-state index in [4.69, 9.17) is 11.6 Å². The van der Waals surface area contributed by atoms with Crippen molar-refractivity contribution in [3.05, 3.63) is 49.3 Å². The van der Waals surface area contributed by atoms with Gasteiger partial charge in [0.2, 0.25) is 0 Å². The average Bonchev–Trinajstić information content (AvgIpc) is 2.62. The van der Waals surface area contributed by atoms with Gasteiger partial charge in [-0.05, 0) is 24.8 Å². The summed E-state index contributed by atoms with van der Waals surface area (Å²) in [5.74, 6) is 1.35. The Balaban J connectivity index is 0.00000182. The van der Waals surface area contributed by atoms with Crippen LogP contribution in [0.15, 0.2) is 12.3 Å². The van der Waals surface area contributed by atoms with E-state index in [-0.39, 0.29) is 26.8 Å². The van der Waals surface area contributed by atoms with Crippen molar-refractivity contribution in [2.24, 2.45) is 0 Å². The molecule has 1 amide bonds. The molecule has 27 heavy (non-hydrogen) atoms. The van der Waals surface area contributed by atoms with Gasteiger partial charge in [0.25, 0.3) is 5.91 Å². The number of rotatable bonds is 4. The Hall–Kier alpha value is -1.17. The zero-order valence-electron chi connectivity index (χ0n) is 16.2. The van der Waals surface area contributed by atoms with E-state index in [9.17, 15) is 4.79 Å². The monoisotopic (exact) mass is 391 g/mol. The molecule has 2 fully saturated rings. The predicted octanol–water partition coefficient (Wildman–Crippen LogP) is 3.67. The Bertz CT molecular complexity index is 567. The fourth-order valence-corrected chi connectivity index (χ4v) is 3.75. The maximum Gasteiger partial charge on any atom is 0.252 e. The topological polar surface area (TPSA) is 66.1 Å². The third-order valence-corrected chi connectivity index (χ3v) is 5.38. The number of halogens is 1. The SMILES string of the molecule is O=C(NC[C]1CCCCCCC1)c1cc(C2CNCCN2)ncc1Cl.[CH2].[CH2]. The number of pyridine rings is 1. The largest absolute Gasteiger partial charge is 0.351 e. The van der Waals surface area contributed by atoms with Crippen molar-refractivity contribution >= 4 is 17.5 Å². The summed E-state index contributed by atoms with van der Waals surface area (Å²) in [5.41, 5.74) is 1.38. The molecule has 3 rings (SSSR count). The standard InChI is InChI=1S/C19H28ClN4O.2CH2/c20-16-12-23-17(18-13-21-8-9-22-18)10-15(16)19(25)24-11-14-6-4-2-1-3-5-7-14;;/h10,12,18,21-22H,1-9,11,13H2,(H,24,25);2*1H2. The summed E-state index contributed by atoms with van der Waals surface area (Å²) >= 11 is 6.23. The first-order chi connectivity index (χ1) is 12.2. The Morgan fingerprint density at radius 3 is 2.52 bits per heavy atom. The Morgan fingerprint density at radius 2 is 1.85 bits per heavy atom. The van der Waals surface area contributed by atoms with E-state index in [2.05, 4.69) is 20.9 Å². The molecule has 2 heterocycles. The van der Waals surface area contributed by atoms with E-state index >= 15 is 0 Å². The second-order valence-electron chi connectivity index (χ2n) is 7.00. The first-order valence-electron chi connectivity index (χ1n) is 9.45. The molecule has 5 radical (unpaired) electrons. The lowest BCUT2D eigenvalue weighted by molar-refractivity contribution is 0.0954. The molecule has 2 aliphatic rings. The summed E-state index contributed by atoms with van der Waals surface area (Å²) in [6, 6.07) is 1.95. The van der Waals surface area contributed by atoms with E-state index in [1.54, 1.807) is 6.20 Å². The molecular weight excluding hydrogens is 360 g/mol. The zero-order valence-corrected chi connectivity index (χ0v) is 16.9. The van der Waals surface area contributed by atoms with Gasteiger partial charge < -0.3 is 16.0 Å². The number of carbonyl (C=O) groups is 1. The second kappa shape index (κ2) is 12.3. The van der Waals surface area contributed by atoms with Gasteiger partial charge in [0.1, 0.15) is 0 Å². The first kappa shape index (κ1) is 23.9. The minimum atomic E-state index is -0.105. The summed E-state index contributed by atoms with van der Waals surface area (Å²) in [6.07, 6.45) is 10.3. The molecule has 1 aliphatic carbocycles. The van der Waals surface area contributed by atoms with E-state index in [1.807, 2.05) is 6.07 Å². The van der Waals surface area contributed by atoms with Crippen molar-refractivity contribution in [2.45, 2.75) is 51.0 Å². The van der Waals surface area contributed by atoms with Crippen LogP contribution < -0.4 is 16.0 Å². The van der Waals surface area contributed by atoms with Gasteiger partial charge in [-0.1, -0.05) is 58.6 Å². The van der Waals surface area contributed by atoms with Crippen molar-refractivity contribution in [3.63, 3.8) is 0 Å². The lowest BCUT2D eigenvalue weighted by atomic mass is 9.91. The molecule has 0 bridgehead atoms. The molecule has 1 aliphatic heterocycles. The van der Waals surface area contributed by atoms with Crippen LogP contribution >= 0.6 is 11.6 Å².